The van der Waals surface area contributed by atoms with Gasteiger partial charge in [-0.1, -0.05) is 12.1 Å². The van der Waals surface area contributed by atoms with E-state index in [1.807, 2.05) is 36.2 Å². The van der Waals surface area contributed by atoms with Crippen molar-refractivity contribution >= 4 is 5.69 Å². The molecule has 0 saturated carbocycles. The molecule has 0 aliphatic rings. The summed E-state index contributed by atoms with van der Waals surface area (Å²) in [7, 11) is 5.25. The van der Waals surface area contributed by atoms with Crippen LogP contribution in [0.2, 0.25) is 0 Å². The third-order valence-corrected chi connectivity index (χ3v) is 2.84. The molecule has 1 unspecified atom stereocenters. The zero-order valence-electron chi connectivity index (χ0n) is 11.9. The number of hydrogen-bond acceptors (Lipinski definition) is 5. The van der Waals surface area contributed by atoms with E-state index in [1.54, 1.807) is 14.2 Å². The number of ether oxygens (including phenoxy) is 2. The van der Waals surface area contributed by atoms with Gasteiger partial charge in [-0.2, -0.15) is 0 Å². The molecular formula is C14H24N2O3. The molecule has 108 valence electrons. The van der Waals surface area contributed by atoms with E-state index in [1.165, 1.54) is 0 Å². The van der Waals surface area contributed by atoms with Crippen molar-refractivity contribution < 1.29 is 14.6 Å². The second-order valence-electron chi connectivity index (χ2n) is 4.40. The number of methoxy groups -OCH3 is 2. The minimum atomic E-state index is -0.438. The summed E-state index contributed by atoms with van der Waals surface area (Å²) in [6.45, 7) is 2.48. The molecule has 1 atom stereocenters. The van der Waals surface area contributed by atoms with Crippen LogP contribution < -0.4 is 15.0 Å². The number of hydrogen-bond donors (Lipinski definition) is 2. The number of likely N-dealkylation sites (N-methyl/N-ethyl adjacent to an activating group) is 1. The summed E-state index contributed by atoms with van der Waals surface area (Å²) >= 11 is 0. The average molecular weight is 268 g/mol. The lowest BCUT2D eigenvalue weighted by molar-refractivity contribution is 0.164. The SMILES string of the molecule is COCCNCC(O)CN(C)c1ccccc1OC. The Kier molecular flexibility index (Phi) is 7.25. The Hall–Kier alpha value is -1.30. The Labute approximate surface area is 115 Å². The van der Waals surface area contributed by atoms with Crippen molar-refractivity contribution in [3.8, 4) is 5.75 Å². The summed E-state index contributed by atoms with van der Waals surface area (Å²) in [5.74, 6) is 0.810. The first-order valence-electron chi connectivity index (χ1n) is 6.41. The number of nitrogens with zero attached hydrogens (tertiary/aromatic N) is 1. The van der Waals surface area contributed by atoms with Gasteiger partial charge in [-0.25, -0.2) is 0 Å². The first-order valence-corrected chi connectivity index (χ1v) is 6.41. The van der Waals surface area contributed by atoms with Gasteiger partial charge in [0.15, 0.2) is 0 Å². The third kappa shape index (κ3) is 5.46. The Balaban J connectivity index is 2.42. The third-order valence-electron chi connectivity index (χ3n) is 2.84. The monoisotopic (exact) mass is 268 g/mol. The highest BCUT2D eigenvalue weighted by Gasteiger charge is 2.11. The maximum atomic E-state index is 9.96. The molecule has 0 spiro atoms. The van der Waals surface area contributed by atoms with Crippen LogP contribution in [0.3, 0.4) is 0 Å². The summed E-state index contributed by atoms with van der Waals surface area (Å²) < 4.78 is 10.2. The zero-order chi connectivity index (χ0) is 14.1. The molecule has 0 aliphatic carbocycles. The van der Waals surface area contributed by atoms with E-state index in [0.29, 0.717) is 19.7 Å². The highest BCUT2D eigenvalue weighted by Crippen LogP contribution is 2.26. The Morgan fingerprint density at radius 1 is 1.32 bits per heavy atom. The minimum absolute atomic E-state index is 0.438. The van der Waals surface area contributed by atoms with Crippen LogP contribution in [0.4, 0.5) is 5.69 Å². The predicted molar refractivity (Wildman–Crippen MR) is 77.0 cm³/mol. The smallest absolute Gasteiger partial charge is 0.142 e. The minimum Gasteiger partial charge on any atom is -0.495 e. The molecule has 1 aromatic rings. The topological polar surface area (TPSA) is 54.0 Å². The first kappa shape index (κ1) is 15.8. The zero-order valence-corrected chi connectivity index (χ0v) is 11.9. The van der Waals surface area contributed by atoms with E-state index in [-0.39, 0.29) is 0 Å². The fraction of sp³-hybridized carbons (Fsp3) is 0.571. The van der Waals surface area contributed by atoms with Crippen molar-refractivity contribution in [3.05, 3.63) is 24.3 Å². The molecule has 0 aromatic heterocycles. The lowest BCUT2D eigenvalue weighted by Crippen LogP contribution is -2.37. The summed E-state index contributed by atoms with van der Waals surface area (Å²) in [6.07, 6.45) is -0.438. The van der Waals surface area contributed by atoms with Gasteiger partial charge in [0.25, 0.3) is 0 Å². The van der Waals surface area contributed by atoms with Crippen LogP contribution >= 0.6 is 0 Å². The molecule has 1 rings (SSSR count). The van der Waals surface area contributed by atoms with Gasteiger partial charge in [0.05, 0.1) is 25.5 Å². The fourth-order valence-electron chi connectivity index (χ4n) is 1.87. The number of aliphatic hydroxyl groups excluding tert-OH is 1. The number of benzene rings is 1. The highest BCUT2D eigenvalue weighted by molar-refractivity contribution is 5.57. The van der Waals surface area contributed by atoms with E-state index >= 15 is 0 Å². The van der Waals surface area contributed by atoms with Gasteiger partial charge in [-0.05, 0) is 12.1 Å². The standard InChI is InChI=1S/C14H24N2O3/c1-16(11-12(17)10-15-8-9-18-2)13-6-4-5-7-14(13)19-3/h4-7,12,15,17H,8-11H2,1-3H3. The molecule has 0 fully saturated rings. The predicted octanol–water partition coefficient (Wildman–Crippen LogP) is 0.728. The van der Waals surface area contributed by atoms with Crippen molar-refractivity contribution in [1.29, 1.82) is 0 Å². The molecule has 0 radical (unpaired) electrons. The molecule has 0 heterocycles. The van der Waals surface area contributed by atoms with E-state index < -0.39 is 6.10 Å². The van der Waals surface area contributed by atoms with Crippen LogP contribution in [0.5, 0.6) is 5.75 Å². The number of anilines is 1. The van der Waals surface area contributed by atoms with Gasteiger partial charge in [-0.15, -0.1) is 0 Å². The van der Waals surface area contributed by atoms with Gasteiger partial charge in [0.1, 0.15) is 5.75 Å². The first-order chi connectivity index (χ1) is 9.19. The number of aliphatic hydroxyl groups is 1. The van der Waals surface area contributed by atoms with Gasteiger partial charge in [-0.3, -0.25) is 0 Å². The largest absolute Gasteiger partial charge is 0.495 e. The van der Waals surface area contributed by atoms with E-state index in [4.69, 9.17) is 9.47 Å². The quantitative estimate of drug-likeness (QED) is 0.647. The van der Waals surface area contributed by atoms with Crippen molar-refractivity contribution in [1.82, 2.24) is 5.32 Å². The molecule has 5 nitrogen and oxygen atoms in total. The molecule has 1 aromatic carbocycles. The molecule has 0 amide bonds. The summed E-state index contributed by atoms with van der Waals surface area (Å²) in [5, 5.41) is 13.1. The maximum Gasteiger partial charge on any atom is 0.142 e. The number of nitrogens with one attached hydrogen (secondary N) is 1. The van der Waals surface area contributed by atoms with Gasteiger partial charge < -0.3 is 24.8 Å². The molecule has 19 heavy (non-hydrogen) atoms. The lowest BCUT2D eigenvalue weighted by atomic mass is 10.2. The maximum absolute atomic E-state index is 9.96. The van der Waals surface area contributed by atoms with Crippen molar-refractivity contribution in [2.75, 3.05) is 52.4 Å². The Bertz CT molecular complexity index is 360. The summed E-state index contributed by atoms with van der Waals surface area (Å²) in [6, 6.07) is 7.77. The van der Waals surface area contributed by atoms with Crippen LogP contribution in [-0.2, 0) is 4.74 Å². The number of para-hydroxylation sites is 2. The normalized spacial score (nSPS) is 12.2. The Morgan fingerprint density at radius 3 is 2.74 bits per heavy atom. The van der Waals surface area contributed by atoms with Gasteiger partial charge in [0.2, 0.25) is 0 Å². The molecule has 2 N–H and O–H groups in total. The van der Waals surface area contributed by atoms with E-state index in [2.05, 4.69) is 5.32 Å². The van der Waals surface area contributed by atoms with Gasteiger partial charge in [0, 0.05) is 33.8 Å². The van der Waals surface area contributed by atoms with Crippen LogP contribution in [0.25, 0.3) is 0 Å². The molecule has 0 bridgehead atoms. The van der Waals surface area contributed by atoms with Crippen LogP contribution in [0, 0.1) is 0 Å². The summed E-state index contributed by atoms with van der Waals surface area (Å²) in [5.41, 5.74) is 0.973. The van der Waals surface area contributed by atoms with Crippen LogP contribution in [0.1, 0.15) is 0 Å². The molecule has 5 heteroatoms. The molecular weight excluding hydrogens is 244 g/mol. The van der Waals surface area contributed by atoms with Crippen LogP contribution in [-0.4, -0.2) is 58.7 Å². The van der Waals surface area contributed by atoms with Crippen molar-refractivity contribution in [3.63, 3.8) is 0 Å². The fourth-order valence-corrected chi connectivity index (χ4v) is 1.87. The average Bonchev–Trinajstić information content (AvgIpc) is 2.43. The van der Waals surface area contributed by atoms with Gasteiger partial charge >= 0.3 is 0 Å². The lowest BCUT2D eigenvalue weighted by Gasteiger charge is -2.24. The second-order valence-corrected chi connectivity index (χ2v) is 4.40. The van der Waals surface area contributed by atoms with E-state index in [0.717, 1.165) is 18.0 Å². The molecule has 0 saturated heterocycles. The Morgan fingerprint density at radius 2 is 2.05 bits per heavy atom. The number of rotatable bonds is 9. The second kappa shape index (κ2) is 8.74. The summed E-state index contributed by atoms with van der Waals surface area (Å²) in [4.78, 5) is 1.99. The van der Waals surface area contributed by atoms with Crippen molar-refractivity contribution in [2.24, 2.45) is 0 Å². The van der Waals surface area contributed by atoms with Crippen molar-refractivity contribution in [2.45, 2.75) is 6.10 Å². The van der Waals surface area contributed by atoms with E-state index in [9.17, 15) is 5.11 Å². The highest BCUT2D eigenvalue weighted by atomic mass is 16.5. The molecule has 0 aliphatic heterocycles. The van der Waals surface area contributed by atoms with Crippen LogP contribution in [0.15, 0.2) is 24.3 Å².